The monoisotopic (exact) mass is 277 g/mol. The first-order chi connectivity index (χ1) is 9.44. The van der Waals surface area contributed by atoms with Crippen molar-refractivity contribution in [1.29, 1.82) is 0 Å². The third-order valence-corrected chi connectivity index (χ3v) is 3.31. The van der Waals surface area contributed by atoms with Gasteiger partial charge in [-0.2, -0.15) is 0 Å². The standard InChI is InChI=1S/C16H17F2NO/c1-11-4-3-5-13(8-11)19-16(2,10-20)12-6-7-14(17)15(18)9-12/h3-9,19-20H,10H2,1-2H3. The van der Waals surface area contributed by atoms with Gasteiger partial charge in [-0.05, 0) is 49.2 Å². The van der Waals surface area contributed by atoms with E-state index in [2.05, 4.69) is 5.32 Å². The lowest BCUT2D eigenvalue weighted by molar-refractivity contribution is 0.223. The average Bonchev–Trinajstić information content (AvgIpc) is 2.41. The molecule has 0 saturated carbocycles. The molecule has 0 saturated heterocycles. The molecule has 1 unspecified atom stereocenters. The molecule has 2 nitrogen and oxygen atoms in total. The minimum absolute atomic E-state index is 0.244. The van der Waals surface area contributed by atoms with E-state index in [0.717, 1.165) is 23.4 Å². The molecule has 2 N–H and O–H groups in total. The van der Waals surface area contributed by atoms with Gasteiger partial charge in [0.2, 0.25) is 0 Å². The summed E-state index contributed by atoms with van der Waals surface area (Å²) >= 11 is 0. The summed E-state index contributed by atoms with van der Waals surface area (Å²) < 4.78 is 26.4. The number of benzene rings is 2. The van der Waals surface area contributed by atoms with E-state index in [1.807, 2.05) is 31.2 Å². The Morgan fingerprint density at radius 1 is 1.10 bits per heavy atom. The molecule has 0 spiro atoms. The second-order valence-corrected chi connectivity index (χ2v) is 5.11. The number of nitrogens with one attached hydrogen (secondary N) is 1. The molecule has 2 rings (SSSR count). The fourth-order valence-electron chi connectivity index (χ4n) is 2.08. The van der Waals surface area contributed by atoms with E-state index in [1.54, 1.807) is 6.92 Å². The molecular weight excluding hydrogens is 260 g/mol. The van der Waals surface area contributed by atoms with Crippen LogP contribution in [-0.2, 0) is 5.54 Å². The van der Waals surface area contributed by atoms with Crippen LogP contribution in [0.1, 0.15) is 18.1 Å². The number of hydrogen-bond donors (Lipinski definition) is 2. The molecule has 0 aliphatic rings. The molecular formula is C16H17F2NO. The highest BCUT2D eigenvalue weighted by molar-refractivity contribution is 5.49. The minimum atomic E-state index is -0.923. The van der Waals surface area contributed by atoms with Crippen molar-refractivity contribution in [2.24, 2.45) is 0 Å². The topological polar surface area (TPSA) is 32.3 Å². The third-order valence-electron chi connectivity index (χ3n) is 3.31. The summed E-state index contributed by atoms with van der Waals surface area (Å²) in [7, 11) is 0. The van der Waals surface area contributed by atoms with Crippen molar-refractivity contribution in [2.75, 3.05) is 11.9 Å². The Kier molecular flexibility index (Phi) is 4.04. The highest BCUT2D eigenvalue weighted by atomic mass is 19.2. The minimum Gasteiger partial charge on any atom is -0.394 e. The van der Waals surface area contributed by atoms with Gasteiger partial charge in [-0.1, -0.05) is 18.2 Å². The van der Waals surface area contributed by atoms with Gasteiger partial charge in [-0.3, -0.25) is 0 Å². The van der Waals surface area contributed by atoms with Crippen LogP contribution in [0.15, 0.2) is 42.5 Å². The van der Waals surface area contributed by atoms with Crippen molar-refractivity contribution < 1.29 is 13.9 Å². The van der Waals surface area contributed by atoms with Gasteiger partial charge in [0.15, 0.2) is 11.6 Å². The van der Waals surface area contributed by atoms with Gasteiger partial charge in [0.1, 0.15) is 0 Å². The Balaban J connectivity index is 2.35. The molecule has 2 aromatic rings. The Labute approximate surface area is 117 Å². The number of rotatable bonds is 4. The van der Waals surface area contributed by atoms with E-state index in [0.29, 0.717) is 5.56 Å². The molecule has 0 fully saturated rings. The first kappa shape index (κ1) is 14.5. The van der Waals surface area contributed by atoms with Crippen molar-refractivity contribution >= 4 is 5.69 Å². The number of hydrogen-bond acceptors (Lipinski definition) is 2. The third kappa shape index (κ3) is 2.96. The van der Waals surface area contributed by atoms with E-state index >= 15 is 0 Å². The Hall–Kier alpha value is -1.94. The van der Waals surface area contributed by atoms with Crippen molar-refractivity contribution in [3.63, 3.8) is 0 Å². The highest BCUT2D eigenvalue weighted by Crippen LogP contribution is 2.27. The fraction of sp³-hybridized carbons (Fsp3) is 0.250. The molecule has 4 heteroatoms. The molecule has 2 aromatic carbocycles. The predicted molar refractivity (Wildman–Crippen MR) is 75.6 cm³/mol. The molecule has 0 bridgehead atoms. The lowest BCUT2D eigenvalue weighted by Gasteiger charge is -2.30. The zero-order chi connectivity index (χ0) is 14.8. The van der Waals surface area contributed by atoms with Crippen LogP contribution >= 0.6 is 0 Å². The van der Waals surface area contributed by atoms with Crippen LogP contribution in [0.4, 0.5) is 14.5 Å². The summed E-state index contributed by atoms with van der Waals surface area (Å²) in [5.74, 6) is -1.82. The van der Waals surface area contributed by atoms with Gasteiger partial charge in [0.05, 0.1) is 12.1 Å². The van der Waals surface area contributed by atoms with Crippen LogP contribution < -0.4 is 5.32 Å². The van der Waals surface area contributed by atoms with Gasteiger partial charge in [0.25, 0.3) is 0 Å². The van der Waals surface area contributed by atoms with Crippen LogP contribution in [0.2, 0.25) is 0 Å². The summed E-state index contributed by atoms with van der Waals surface area (Å²) in [5.41, 5.74) is 1.48. The van der Waals surface area contributed by atoms with E-state index in [-0.39, 0.29) is 6.61 Å². The van der Waals surface area contributed by atoms with Crippen LogP contribution in [0.5, 0.6) is 0 Å². The lowest BCUT2D eigenvalue weighted by Crippen LogP contribution is -2.36. The van der Waals surface area contributed by atoms with Crippen molar-refractivity contribution in [3.05, 3.63) is 65.2 Å². The van der Waals surface area contributed by atoms with E-state index in [4.69, 9.17) is 0 Å². The maximum Gasteiger partial charge on any atom is 0.159 e. The van der Waals surface area contributed by atoms with Crippen LogP contribution in [-0.4, -0.2) is 11.7 Å². The summed E-state index contributed by atoms with van der Waals surface area (Å²) in [4.78, 5) is 0. The van der Waals surface area contributed by atoms with Crippen molar-refractivity contribution in [3.8, 4) is 0 Å². The second-order valence-electron chi connectivity index (χ2n) is 5.11. The molecule has 1 atom stereocenters. The van der Waals surface area contributed by atoms with Gasteiger partial charge in [-0.25, -0.2) is 8.78 Å². The second kappa shape index (κ2) is 5.59. The molecule has 0 aliphatic carbocycles. The SMILES string of the molecule is Cc1cccc(NC(C)(CO)c2ccc(F)c(F)c2)c1. The maximum absolute atomic E-state index is 13.4. The molecule has 0 aromatic heterocycles. The van der Waals surface area contributed by atoms with E-state index in [9.17, 15) is 13.9 Å². The summed E-state index contributed by atoms with van der Waals surface area (Å²) in [5, 5.41) is 12.8. The molecule has 20 heavy (non-hydrogen) atoms. The zero-order valence-electron chi connectivity index (χ0n) is 11.5. The lowest BCUT2D eigenvalue weighted by atomic mass is 9.92. The number of aliphatic hydroxyl groups is 1. The highest BCUT2D eigenvalue weighted by Gasteiger charge is 2.26. The smallest absolute Gasteiger partial charge is 0.159 e. The number of halogens is 2. The maximum atomic E-state index is 13.4. The van der Waals surface area contributed by atoms with Gasteiger partial charge in [-0.15, -0.1) is 0 Å². The average molecular weight is 277 g/mol. The largest absolute Gasteiger partial charge is 0.394 e. The molecule has 0 heterocycles. The molecule has 0 radical (unpaired) electrons. The van der Waals surface area contributed by atoms with Gasteiger partial charge in [0, 0.05) is 5.69 Å². The summed E-state index contributed by atoms with van der Waals surface area (Å²) in [6.07, 6.45) is 0. The number of anilines is 1. The van der Waals surface area contributed by atoms with Crippen LogP contribution in [0.25, 0.3) is 0 Å². The van der Waals surface area contributed by atoms with Crippen LogP contribution in [0, 0.1) is 18.6 Å². The molecule has 106 valence electrons. The number of aryl methyl sites for hydroxylation is 1. The zero-order valence-corrected chi connectivity index (χ0v) is 11.5. The summed E-state index contributed by atoms with van der Waals surface area (Å²) in [6, 6.07) is 11.3. The molecule has 0 amide bonds. The first-order valence-corrected chi connectivity index (χ1v) is 6.36. The summed E-state index contributed by atoms with van der Waals surface area (Å²) in [6.45, 7) is 3.45. The van der Waals surface area contributed by atoms with E-state index in [1.165, 1.54) is 6.07 Å². The fourth-order valence-corrected chi connectivity index (χ4v) is 2.08. The number of aliphatic hydroxyl groups excluding tert-OH is 1. The normalized spacial score (nSPS) is 13.8. The quantitative estimate of drug-likeness (QED) is 0.895. The van der Waals surface area contributed by atoms with Gasteiger partial charge < -0.3 is 10.4 Å². The Morgan fingerprint density at radius 2 is 1.85 bits per heavy atom. The van der Waals surface area contributed by atoms with E-state index < -0.39 is 17.2 Å². The van der Waals surface area contributed by atoms with Crippen LogP contribution in [0.3, 0.4) is 0 Å². The van der Waals surface area contributed by atoms with Crippen molar-refractivity contribution in [1.82, 2.24) is 0 Å². The predicted octanol–water partition coefficient (Wildman–Crippen LogP) is 3.59. The van der Waals surface area contributed by atoms with Gasteiger partial charge >= 0.3 is 0 Å². The molecule has 0 aliphatic heterocycles. The van der Waals surface area contributed by atoms with Crippen molar-refractivity contribution in [2.45, 2.75) is 19.4 Å². The Morgan fingerprint density at radius 3 is 2.45 bits per heavy atom. The first-order valence-electron chi connectivity index (χ1n) is 6.36. The Bertz CT molecular complexity index is 615.